The maximum Gasteiger partial charge on any atom is 0.405 e. The molecule has 0 aliphatic rings. The first-order valence-corrected chi connectivity index (χ1v) is 6.85. The van der Waals surface area contributed by atoms with Crippen LogP contribution in [0.2, 0.25) is 0 Å². The summed E-state index contributed by atoms with van der Waals surface area (Å²) in [5.74, 6) is -2.06. The molecule has 0 radical (unpaired) electrons. The molecule has 1 rings (SSSR count). The van der Waals surface area contributed by atoms with E-state index in [0.717, 1.165) is 5.56 Å². The Morgan fingerprint density at radius 1 is 1.13 bits per heavy atom. The molecule has 0 spiro atoms. The minimum atomic E-state index is -4.54. The zero-order valence-electron chi connectivity index (χ0n) is 13.0. The zero-order chi connectivity index (χ0) is 17.8. The van der Waals surface area contributed by atoms with Gasteiger partial charge in [-0.3, -0.25) is 9.59 Å². The van der Waals surface area contributed by atoms with Crippen molar-refractivity contribution in [3.05, 3.63) is 23.8 Å². The first-order valence-electron chi connectivity index (χ1n) is 6.85. The number of halogens is 3. The molecule has 3 N–H and O–H groups in total. The molecule has 128 valence electrons. The second-order valence-corrected chi connectivity index (χ2v) is 6.10. The van der Waals surface area contributed by atoms with Gasteiger partial charge in [-0.2, -0.15) is 13.2 Å². The summed E-state index contributed by atoms with van der Waals surface area (Å²) in [6.45, 7) is 4.32. The van der Waals surface area contributed by atoms with Crippen LogP contribution in [-0.2, 0) is 15.0 Å². The number of nitrogens with one attached hydrogen (secondary N) is 2. The number of benzene rings is 1. The maximum atomic E-state index is 12.0. The van der Waals surface area contributed by atoms with Gasteiger partial charge in [0.2, 0.25) is 11.8 Å². The third-order valence-electron chi connectivity index (χ3n) is 2.94. The highest BCUT2D eigenvalue weighted by Crippen LogP contribution is 2.30. The highest BCUT2D eigenvalue weighted by Gasteiger charge is 2.28. The van der Waals surface area contributed by atoms with Gasteiger partial charge in [-0.1, -0.05) is 26.8 Å². The van der Waals surface area contributed by atoms with E-state index in [1.807, 2.05) is 20.8 Å². The fourth-order valence-corrected chi connectivity index (χ4v) is 1.70. The molecule has 23 heavy (non-hydrogen) atoms. The van der Waals surface area contributed by atoms with Crippen molar-refractivity contribution < 1.29 is 27.9 Å². The lowest BCUT2D eigenvalue weighted by Crippen LogP contribution is -2.35. The van der Waals surface area contributed by atoms with E-state index >= 15 is 0 Å². The van der Waals surface area contributed by atoms with Crippen molar-refractivity contribution in [3.8, 4) is 5.75 Å². The number of carbonyl (C=O) groups excluding carboxylic acids is 2. The Bertz CT molecular complexity index is 593. The van der Waals surface area contributed by atoms with Crippen LogP contribution in [0.15, 0.2) is 18.2 Å². The van der Waals surface area contributed by atoms with E-state index in [1.165, 1.54) is 6.07 Å². The van der Waals surface area contributed by atoms with E-state index in [0.29, 0.717) is 0 Å². The molecular formula is C15H19F3N2O3. The van der Waals surface area contributed by atoms with Gasteiger partial charge in [-0.15, -0.1) is 0 Å². The molecule has 0 atom stereocenters. The van der Waals surface area contributed by atoms with Crippen LogP contribution < -0.4 is 10.6 Å². The summed E-state index contributed by atoms with van der Waals surface area (Å²) in [6.07, 6.45) is -5.30. The summed E-state index contributed by atoms with van der Waals surface area (Å²) in [5, 5.41) is 13.7. The summed E-state index contributed by atoms with van der Waals surface area (Å²) < 4.78 is 35.9. The first kappa shape index (κ1) is 18.8. The quantitative estimate of drug-likeness (QED) is 0.586. The van der Waals surface area contributed by atoms with Crippen LogP contribution in [0, 0.1) is 0 Å². The molecular weight excluding hydrogens is 313 g/mol. The molecule has 0 saturated carbocycles. The predicted octanol–water partition coefficient (Wildman–Crippen LogP) is 2.70. The lowest BCUT2D eigenvalue weighted by atomic mass is 9.87. The Hall–Kier alpha value is -2.25. The number of hydrogen-bond acceptors (Lipinski definition) is 3. The van der Waals surface area contributed by atoms with Crippen molar-refractivity contribution in [1.29, 1.82) is 0 Å². The van der Waals surface area contributed by atoms with Gasteiger partial charge in [-0.25, -0.2) is 0 Å². The highest BCUT2D eigenvalue weighted by atomic mass is 19.4. The van der Waals surface area contributed by atoms with Gasteiger partial charge in [0.1, 0.15) is 18.7 Å². The molecule has 8 heteroatoms. The van der Waals surface area contributed by atoms with Crippen LogP contribution in [0.25, 0.3) is 0 Å². The zero-order valence-corrected chi connectivity index (χ0v) is 13.0. The minimum Gasteiger partial charge on any atom is -0.506 e. The van der Waals surface area contributed by atoms with Crippen LogP contribution in [0.4, 0.5) is 18.9 Å². The molecule has 1 aromatic carbocycles. The molecule has 0 fully saturated rings. The van der Waals surface area contributed by atoms with Crippen LogP contribution in [0.5, 0.6) is 5.75 Å². The summed E-state index contributed by atoms with van der Waals surface area (Å²) in [6, 6.07) is 4.65. The number of amides is 2. The molecule has 0 saturated heterocycles. The van der Waals surface area contributed by atoms with Gasteiger partial charge in [0, 0.05) is 0 Å². The Morgan fingerprint density at radius 2 is 1.74 bits per heavy atom. The second-order valence-electron chi connectivity index (χ2n) is 6.10. The molecule has 1 aromatic rings. The van der Waals surface area contributed by atoms with E-state index in [1.54, 1.807) is 17.4 Å². The molecule has 5 nitrogen and oxygen atoms in total. The van der Waals surface area contributed by atoms with Gasteiger partial charge in [0.15, 0.2) is 0 Å². The number of anilines is 1. The third kappa shape index (κ3) is 6.58. The Kier molecular flexibility index (Phi) is 5.63. The topological polar surface area (TPSA) is 78.4 Å². The predicted molar refractivity (Wildman–Crippen MR) is 79.1 cm³/mol. The normalized spacial score (nSPS) is 11.9. The van der Waals surface area contributed by atoms with E-state index < -0.39 is 31.0 Å². The highest BCUT2D eigenvalue weighted by molar-refractivity contribution is 6.04. The molecule has 0 bridgehead atoms. The van der Waals surface area contributed by atoms with E-state index in [4.69, 9.17) is 0 Å². The third-order valence-corrected chi connectivity index (χ3v) is 2.94. The Balaban J connectivity index is 2.69. The number of phenols is 1. The number of carbonyl (C=O) groups is 2. The van der Waals surface area contributed by atoms with Crippen molar-refractivity contribution in [1.82, 2.24) is 5.32 Å². The van der Waals surface area contributed by atoms with E-state index in [9.17, 15) is 27.9 Å². The van der Waals surface area contributed by atoms with Gasteiger partial charge >= 0.3 is 6.18 Å². The van der Waals surface area contributed by atoms with Crippen molar-refractivity contribution in [2.24, 2.45) is 0 Å². The van der Waals surface area contributed by atoms with E-state index in [2.05, 4.69) is 5.32 Å². The lowest BCUT2D eigenvalue weighted by Gasteiger charge is -2.20. The molecule has 0 aliphatic carbocycles. The minimum absolute atomic E-state index is 0.103. The average molecular weight is 332 g/mol. The molecule has 0 aliphatic heterocycles. The number of aromatic hydroxyl groups is 1. The SMILES string of the molecule is CC(C)(C)c1ccc(O)c(NC(=O)CC(=O)NCC(F)(F)F)c1. The van der Waals surface area contributed by atoms with Crippen molar-refractivity contribution >= 4 is 17.5 Å². The average Bonchev–Trinajstić information content (AvgIpc) is 2.37. The Morgan fingerprint density at radius 3 is 2.26 bits per heavy atom. The molecule has 2 amide bonds. The summed E-state index contributed by atoms with van der Waals surface area (Å²) >= 11 is 0. The first-order chi connectivity index (χ1) is 10.4. The van der Waals surface area contributed by atoms with Crippen LogP contribution >= 0.6 is 0 Å². The summed E-state index contributed by atoms with van der Waals surface area (Å²) in [5.41, 5.74) is 0.718. The maximum absolute atomic E-state index is 12.0. The molecule has 0 heterocycles. The van der Waals surface area contributed by atoms with Gasteiger partial charge in [0.05, 0.1) is 5.69 Å². The summed E-state index contributed by atoms with van der Waals surface area (Å²) in [4.78, 5) is 23.0. The lowest BCUT2D eigenvalue weighted by molar-refractivity contribution is -0.140. The smallest absolute Gasteiger partial charge is 0.405 e. The number of rotatable bonds is 4. The largest absolute Gasteiger partial charge is 0.506 e. The van der Waals surface area contributed by atoms with Gasteiger partial charge in [0.25, 0.3) is 0 Å². The summed E-state index contributed by atoms with van der Waals surface area (Å²) in [7, 11) is 0. The van der Waals surface area contributed by atoms with Crippen molar-refractivity contribution in [2.75, 3.05) is 11.9 Å². The van der Waals surface area contributed by atoms with Crippen LogP contribution in [-0.4, -0.2) is 29.6 Å². The fourth-order valence-electron chi connectivity index (χ4n) is 1.70. The molecule has 0 aromatic heterocycles. The van der Waals surface area contributed by atoms with Crippen LogP contribution in [0.3, 0.4) is 0 Å². The van der Waals surface area contributed by atoms with E-state index in [-0.39, 0.29) is 16.9 Å². The van der Waals surface area contributed by atoms with Crippen molar-refractivity contribution in [2.45, 2.75) is 38.8 Å². The van der Waals surface area contributed by atoms with Crippen molar-refractivity contribution in [3.63, 3.8) is 0 Å². The monoisotopic (exact) mass is 332 g/mol. The standard InChI is InChI=1S/C15H19F3N2O3/c1-14(2,3)9-4-5-11(21)10(6-9)20-13(23)7-12(22)19-8-15(16,17)18/h4-6,21H,7-8H2,1-3H3,(H,19,22)(H,20,23). The number of hydrogen-bond donors (Lipinski definition) is 3. The second kappa shape index (κ2) is 6.89. The Labute approximate surface area is 131 Å². The number of alkyl halides is 3. The van der Waals surface area contributed by atoms with Gasteiger partial charge in [-0.05, 0) is 23.1 Å². The van der Waals surface area contributed by atoms with Gasteiger partial charge < -0.3 is 15.7 Å². The fraction of sp³-hybridized carbons (Fsp3) is 0.467. The number of phenolic OH excluding ortho intramolecular Hbond substituents is 1. The van der Waals surface area contributed by atoms with Crippen LogP contribution in [0.1, 0.15) is 32.8 Å². The molecule has 0 unspecified atom stereocenters.